The monoisotopic (exact) mass is 209 g/mol. The molecule has 0 aliphatic heterocycles. The first-order chi connectivity index (χ1) is 7.17. The van der Waals surface area contributed by atoms with Gasteiger partial charge in [-0.3, -0.25) is 0 Å². The van der Waals surface area contributed by atoms with E-state index >= 15 is 0 Å². The first kappa shape index (κ1) is 12.2. The number of likely N-dealkylation sites (N-methyl/N-ethyl adjacent to an activating group) is 1. The van der Waals surface area contributed by atoms with Crippen molar-refractivity contribution in [1.29, 1.82) is 0 Å². The Labute approximate surface area is 91.7 Å². The van der Waals surface area contributed by atoms with Gasteiger partial charge in [-0.25, -0.2) is 4.39 Å². The third kappa shape index (κ3) is 3.63. The van der Waals surface area contributed by atoms with Crippen LogP contribution in [0.3, 0.4) is 0 Å². The lowest BCUT2D eigenvalue weighted by Gasteiger charge is -2.16. The minimum absolute atomic E-state index is 0.146. The molecule has 0 aliphatic carbocycles. The summed E-state index contributed by atoms with van der Waals surface area (Å²) >= 11 is 0. The second kappa shape index (κ2) is 5.86. The lowest BCUT2D eigenvalue weighted by Crippen LogP contribution is -2.27. The van der Waals surface area contributed by atoms with Crippen molar-refractivity contribution in [3.8, 4) is 0 Å². The molecule has 0 radical (unpaired) electrons. The van der Waals surface area contributed by atoms with Crippen LogP contribution in [0.1, 0.15) is 30.9 Å². The topological polar surface area (TPSA) is 12.0 Å². The van der Waals surface area contributed by atoms with Crippen molar-refractivity contribution in [2.45, 2.75) is 39.2 Å². The fourth-order valence-corrected chi connectivity index (χ4v) is 1.85. The molecule has 15 heavy (non-hydrogen) atoms. The number of rotatable bonds is 5. The van der Waals surface area contributed by atoms with Gasteiger partial charge in [-0.1, -0.05) is 19.4 Å². The minimum atomic E-state index is -0.146. The van der Waals surface area contributed by atoms with Crippen LogP contribution in [0.5, 0.6) is 0 Å². The number of hydrogen-bond acceptors (Lipinski definition) is 1. The zero-order chi connectivity index (χ0) is 11.3. The molecule has 0 aromatic heterocycles. The molecule has 0 fully saturated rings. The highest BCUT2D eigenvalue weighted by Crippen LogP contribution is 2.13. The Kier molecular flexibility index (Phi) is 4.76. The summed E-state index contributed by atoms with van der Waals surface area (Å²) in [6.07, 6.45) is 3.31. The van der Waals surface area contributed by atoms with Gasteiger partial charge in [0.25, 0.3) is 0 Å². The fourth-order valence-electron chi connectivity index (χ4n) is 1.85. The van der Waals surface area contributed by atoms with Gasteiger partial charge in [0.05, 0.1) is 0 Å². The van der Waals surface area contributed by atoms with Crippen LogP contribution in [-0.2, 0) is 6.42 Å². The summed E-state index contributed by atoms with van der Waals surface area (Å²) in [6.45, 7) is 4.15. The lowest BCUT2D eigenvalue weighted by atomic mass is 9.98. The van der Waals surface area contributed by atoms with E-state index in [9.17, 15) is 4.39 Å². The molecule has 0 aliphatic rings. The van der Waals surface area contributed by atoms with Gasteiger partial charge in [0, 0.05) is 6.04 Å². The standard InChI is InChI=1S/C13H20FN/c1-4-5-13(15-3)9-11-6-7-12(14)8-10(11)2/h6-8,13,15H,4-5,9H2,1-3H3. The first-order valence-electron chi connectivity index (χ1n) is 5.59. The number of aryl methyl sites for hydroxylation is 1. The maximum absolute atomic E-state index is 12.9. The Bertz CT molecular complexity index is 309. The van der Waals surface area contributed by atoms with Crippen molar-refractivity contribution >= 4 is 0 Å². The van der Waals surface area contributed by atoms with Gasteiger partial charge in [0.1, 0.15) is 5.82 Å². The summed E-state index contributed by atoms with van der Waals surface area (Å²) in [5, 5.41) is 3.30. The fraction of sp³-hybridized carbons (Fsp3) is 0.538. The molecule has 0 saturated heterocycles. The van der Waals surface area contributed by atoms with Crippen LogP contribution in [0.25, 0.3) is 0 Å². The molecular formula is C13H20FN. The molecule has 1 atom stereocenters. The number of benzene rings is 1. The van der Waals surface area contributed by atoms with Crippen molar-refractivity contribution < 1.29 is 4.39 Å². The smallest absolute Gasteiger partial charge is 0.123 e. The van der Waals surface area contributed by atoms with Crippen LogP contribution < -0.4 is 5.32 Å². The zero-order valence-corrected chi connectivity index (χ0v) is 9.81. The van der Waals surface area contributed by atoms with E-state index in [0.29, 0.717) is 6.04 Å². The van der Waals surface area contributed by atoms with Crippen molar-refractivity contribution in [3.63, 3.8) is 0 Å². The van der Waals surface area contributed by atoms with Crippen LogP contribution in [0.2, 0.25) is 0 Å². The molecule has 0 spiro atoms. The molecule has 1 nitrogen and oxygen atoms in total. The molecule has 0 amide bonds. The van der Waals surface area contributed by atoms with E-state index in [4.69, 9.17) is 0 Å². The van der Waals surface area contributed by atoms with Crippen LogP contribution in [0.15, 0.2) is 18.2 Å². The molecule has 1 unspecified atom stereocenters. The van der Waals surface area contributed by atoms with Crippen molar-refractivity contribution in [1.82, 2.24) is 5.32 Å². The summed E-state index contributed by atoms with van der Waals surface area (Å²) in [4.78, 5) is 0. The Hall–Kier alpha value is -0.890. The second-order valence-corrected chi connectivity index (χ2v) is 4.05. The highest BCUT2D eigenvalue weighted by Gasteiger charge is 2.08. The number of nitrogens with one attached hydrogen (secondary N) is 1. The largest absolute Gasteiger partial charge is 0.317 e. The van der Waals surface area contributed by atoms with Crippen LogP contribution in [-0.4, -0.2) is 13.1 Å². The van der Waals surface area contributed by atoms with E-state index in [-0.39, 0.29) is 5.82 Å². The Morgan fingerprint density at radius 3 is 2.67 bits per heavy atom. The van der Waals surface area contributed by atoms with Crippen molar-refractivity contribution in [2.24, 2.45) is 0 Å². The van der Waals surface area contributed by atoms with E-state index in [2.05, 4.69) is 12.2 Å². The minimum Gasteiger partial charge on any atom is -0.317 e. The lowest BCUT2D eigenvalue weighted by molar-refractivity contribution is 0.512. The predicted molar refractivity (Wildman–Crippen MR) is 62.6 cm³/mol. The van der Waals surface area contributed by atoms with Gasteiger partial charge in [0.2, 0.25) is 0 Å². The average Bonchev–Trinajstić information content (AvgIpc) is 2.21. The third-order valence-corrected chi connectivity index (χ3v) is 2.82. The maximum Gasteiger partial charge on any atom is 0.123 e. The SMILES string of the molecule is CCCC(Cc1ccc(F)cc1C)NC. The van der Waals surface area contributed by atoms with Gasteiger partial charge in [-0.15, -0.1) is 0 Å². The Morgan fingerprint density at radius 1 is 1.40 bits per heavy atom. The van der Waals surface area contributed by atoms with Gasteiger partial charge >= 0.3 is 0 Å². The van der Waals surface area contributed by atoms with Crippen molar-refractivity contribution in [2.75, 3.05) is 7.05 Å². The summed E-state index contributed by atoms with van der Waals surface area (Å²) in [6, 6.07) is 5.54. The molecule has 84 valence electrons. The van der Waals surface area contributed by atoms with E-state index in [1.54, 1.807) is 12.1 Å². The quantitative estimate of drug-likeness (QED) is 0.786. The van der Waals surface area contributed by atoms with Gasteiger partial charge in [-0.2, -0.15) is 0 Å². The van der Waals surface area contributed by atoms with Crippen LogP contribution in [0.4, 0.5) is 4.39 Å². The Morgan fingerprint density at radius 2 is 2.13 bits per heavy atom. The molecule has 1 aromatic rings. The summed E-state index contributed by atoms with van der Waals surface area (Å²) in [5.74, 6) is -0.146. The van der Waals surface area contributed by atoms with E-state index in [1.807, 2.05) is 20.0 Å². The number of hydrogen-bond donors (Lipinski definition) is 1. The van der Waals surface area contributed by atoms with E-state index < -0.39 is 0 Å². The summed E-state index contributed by atoms with van der Waals surface area (Å²) in [7, 11) is 1.99. The maximum atomic E-state index is 12.9. The average molecular weight is 209 g/mol. The zero-order valence-electron chi connectivity index (χ0n) is 9.81. The highest BCUT2D eigenvalue weighted by atomic mass is 19.1. The molecule has 0 bridgehead atoms. The molecule has 0 heterocycles. The number of halogens is 1. The molecule has 0 saturated carbocycles. The second-order valence-electron chi connectivity index (χ2n) is 4.05. The highest BCUT2D eigenvalue weighted by molar-refractivity contribution is 5.27. The van der Waals surface area contributed by atoms with Gasteiger partial charge < -0.3 is 5.32 Å². The Balaban J connectivity index is 2.70. The van der Waals surface area contributed by atoms with Gasteiger partial charge in [0.15, 0.2) is 0 Å². The van der Waals surface area contributed by atoms with Crippen LogP contribution >= 0.6 is 0 Å². The summed E-state index contributed by atoms with van der Waals surface area (Å²) in [5.41, 5.74) is 2.29. The van der Waals surface area contributed by atoms with Crippen LogP contribution in [0, 0.1) is 12.7 Å². The van der Waals surface area contributed by atoms with Gasteiger partial charge in [-0.05, 0) is 50.1 Å². The molecule has 1 aromatic carbocycles. The van der Waals surface area contributed by atoms with E-state index in [1.165, 1.54) is 12.0 Å². The third-order valence-electron chi connectivity index (χ3n) is 2.82. The predicted octanol–water partition coefficient (Wildman–Crippen LogP) is 3.06. The normalized spacial score (nSPS) is 12.8. The molecule has 1 N–H and O–H groups in total. The molecule has 2 heteroatoms. The summed E-state index contributed by atoms with van der Waals surface area (Å²) < 4.78 is 12.9. The molecule has 1 rings (SSSR count). The van der Waals surface area contributed by atoms with Crippen molar-refractivity contribution in [3.05, 3.63) is 35.1 Å². The van der Waals surface area contributed by atoms with E-state index in [0.717, 1.165) is 18.4 Å². The first-order valence-corrected chi connectivity index (χ1v) is 5.59. The molecular weight excluding hydrogens is 189 g/mol.